The Morgan fingerprint density at radius 3 is 2.34 bits per heavy atom. The summed E-state index contributed by atoms with van der Waals surface area (Å²) < 4.78 is 24.5. The Morgan fingerprint density at radius 2 is 1.75 bits per heavy atom. The van der Waals surface area contributed by atoms with E-state index < -0.39 is 11.2 Å². The predicted octanol–water partition coefficient (Wildman–Crippen LogP) is 1.84. The molecule has 0 unspecified atom stereocenters. The lowest BCUT2D eigenvalue weighted by Crippen LogP contribution is -2.40. The molecule has 10 heteroatoms. The number of aromatic nitrogens is 6. The van der Waals surface area contributed by atoms with Crippen molar-refractivity contribution in [3.05, 3.63) is 73.4 Å². The molecule has 168 valence electrons. The summed E-state index contributed by atoms with van der Waals surface area (Å²) in [4.78, 5) is 31.2. The third kappa shape index (κ3) is 3.46. The zero-order valence-corrected chi connectivity index (χ0v) is 18.7. The fourth-order valence-corrected chi connectivity index (χ4v) is 3.74. The second-order valence-corrected chi connectivity index (χ2v) is 7.80. The minimum absolute atomic E-state index is 0.0194. The first kappa shape index (κ1) is 21.7. The highest BCUT2D eigenvalue weighted by Crippen LogP contribution is 2.20. The lowest BCUT2D eigenvalue weighted by atomic mass is 10.2. The van der Waals surface area contributed by atoms with Crippen molar-refractivity contribution in [3.8, 4) is 5.95 Å². The van der Waals surface area contributed by atoms with E-state index >= 15 is 0 Å². The number of aryl methyl sites for hydroxylation is 2. The molecule has 0 radical (unpaired) electrons. The summed E-state index contributed by atoms with van der Waals surface area (Å²) in [5.74, 6) is 0.0595. The average Bonchev–Trinajstić information content (AvgIpc) is 3.27. The van der Waals surface area contributed by atoms with Crippen molar-refractivity contribution in [3.63, 3.8) is 0 Å². The number of hydrogen-bond acceptors (Lipinski definition) is 5. The summed E-state index contributed by atoms with van der Waals surface area (Å²) in [5.41, 5.74) is 3.00. The van der Waals surface area contributed by atoms with Gasteiger partial charge in [0.1, 0.15) is 5.82 Å². The van der Waals surface area contributed by atoms with Crippen molar-refractivity contribution >= 4 is 11.2 Å². The van der Waals surface area contributed by atoms with Gasteiger partial charge in [-0.05, 0) is 44.0 Å². The molecule has 4 rings (SSSR count). The molecule has 9 nitrogen and oxygen atoms in total. The Hall–Kier alpha value is -3.53. The quantitative estimate of drug-likeness (QED) is 0.457. The van der Waals surface area contributed by atoms with Gasteiger partial charge in [-0.3, -0.25) is 13.9 Å². The molecule has 0 aliphatic carbocycles. The average molecular weight is 440 g/mol. The molecule has 0 N–H and O–H groups in total. The van der Waals surface area contributed by atoms with Crippen molar-refractivity contribution in [1.82, 2.24) is 28.5 Å². The molecule has 0 aliphatic rings. The van der Waals surface area contributed by atoms with Gasteiger partial charge in [-0.1, -0.05) is 12.1 Å². The number of methoxy groups -OCH3 is 1. The van der Waals surface area contributed by atoms with Crippen LogP contribution in [0.3, 0.4) is 0 Å². The zero-order valence-electron chi connectivity index (χ0n) is 18.7. The fourth-order valence-electron chi connectivity index (χ4n) is 3.74. The van der Waals surface area contributed by atoms with Crippen LogP contribution in [-0.2, 0) is 24.9 Å². The summed E-state index contributed by atoms with van der Waals surface area (Å²) in [6.45, 7) is 6.53. The minimum atomic E-state index is -0.501. The number of rotatable bonds is 6. The monoisotopic (exact) mass is 440 g/mol. The first-order chi connectivity index (χ1) is 15.2. The van der Waals surface area contributed by atoms with E-state index in [9.17, 15) is 14.0 Å². The Labute approximate surface area is 183 Å². The van der Waals surface area contributed by atoms with Crippen LogP contribution in [-0.4, -0.2) is 42.2 Å². The van der Waals surface area contributed by atoms with E-state index in [1.807, 2.05) is 20.8 Å². The number of fused-ring (bicyclic) bond motifs is 1. The van der Waals surface area contributed by atoms with Crippen LogP contribution in [0.1, 0.15) is 22.5 Å². The summed E-state index contributed by atoms with van der Waals surface area (Å²) in [6, 6.07) is 5.71. The third-order valence-corrected chi connectivity index (χ3v) is 5.83. The van der Waals surface area contributed by atoms with Gasteiger partial charge in [0, 0.05) is 26.4 Å². The topological polar surface area (TPSA) is 88.9 Å². The van der Waals surface area contributed by atoms with E-state index in [-0.39, 0.29) is 23.5 Å². The normalized spacial score (nSPS) is 11.6. The molecule has 0 spiro atoms. The lowest BCUT2D eigenvalue weighted by Gasteiger charge is -2.11. The van der Waals surface area contributed by atoms with Crippen molar-refractivity contribution in [2.75, 3.05) is 13.7 Å². The summed E-state index contributed by atoms with van der Waals surface area (Å²) in [7, 11) is 3.16. The highest BCUT2D eigenvalue weighted by Gasteiger charge is 2.23. The second kappa shape index (κ2) is 8.19. The summed E-state index contributed by atoms with van der Waals surface area (Å²) in [6.07, 6.45) is 0. The molecule has 32 heavy (non-hydrogen) atoms. The van der Waals surface area contributed by atoms with Gasteiger partial charge in [0.2, 0.25) is 5.95 Å². The van der Waals surface area contributed by atoms with Crippen LogP contribution < -0.4 is 11.2 Å². The fraction of sp³-hybridized carbons (Fsp3) is 0.364. The molecular weight excluding hydrogens is 415 g/mol. The molecule has 3 aromatic heterocycles. The Kier molecular flexibility index (Phi) is 5.55. The maximum absolute atomic E-state index is 13.5. The molecule has 0 atom stereocenters. The number of nitrogens with zero attached hydrogens (tertiary/aromatic N) is 6. The molecule has 0 amide bonds. The Bertz CT molecular complexity index is 1430. The zero-order chi connectivity index (χ0) is 23.2. The maximum atomic E-state index is 13.5. The maximum Gasteiger partial charge on any atom is 0.332 e. The molecule has 0 aliphatic heterocycles. The molecule has 4 aromatic rings. The lowest BCUT2D eigenvalue weighted by molar-refractivity contribution is 0.188. The number of benzene rings is 1. The molecule has 3 heterocycles. The van der Waals surface area contributed by atoms with E-state index in [0.717, 1.165) is 21.5 Å². The standard InChI is InChI=1S/C22H25FN6O3/c1-13-14(2)25-29(15(13)3)21-24-19-18(27(21)10-11-32-5)20(30)28(22(31)26(19)4)12-16-6-8-17(23)9-7-16/h6-9H,10-12H2,1-5H3. The first-order valence-electron chi connectivity index (χ1n) is 10.2. The molecular formula is C22H25FN6O3. The van der Waals surface area contributed by atoms with E-state index in [1.165, 1.54) is 16.7 Å². The number of hydrogen-bond donors (Lipinski definition) is 0. The van der Waals surface area contributed by atoms with Crippen LogP contribution in [0.4, 0.5) is 4.39 Å². The third-order valence-electron chi connectivity index (χ3n) is 5.83. The smallest absolute Gasteiger partial charge is 0.332 e. The minimum Gasteiger partial charge on any atom is -0.383 e. The summed E-state index contributed by atoms with van der Waals surface area (Å²) in [5, 5.41) is 4.58. The van der Waals surface area contributed by atoms with Crippen LogP contribution in [0.25, 0.3) is 17.1 Å². The number of ether oxygens (including phenoxy) is 1. The van der Waals surface area contributed by atoms with E-state index in [1.54, 1.807) is 35.5 Å². The largest absolute Gasteiger partial charge is 0.383 e. The van der Waals surface area contributed by atoms with Crippen LogP contribution >= 0.6 is 0 Å². The SMILES string of the molecule is COCCn1c(-n2nc(C)c(C)c2C)nc2c1c(=O)n(Cc1ccc(F)cc1)c(=O)n2C. The predicted molar refractivity (Wildman–Crippen MR) is 118 cm³/mol. The van der Waals surface area contributed by atoms with Crippen LogP contribution in [0.15, 0.2) is 33.9 Å². The molecule has 0 saturated heterocycles. The van der Waals surface area contributed by atoms with Gasteiger partial charge in [-0.25, -0.2) is 13.9 Å². The van der Waals surface area contributed by atoms with Gasteiger partial charge in [0.25, 0.3) is 5.56 Å². The van der Waals surface area contributed by atoms with Crippen molar-refractivity contribution < 1.29 is 9.13 Å². The van der Waals surface area contributed by atoms with Gasteiger partial charge in [-0.15, -0.1) is 0 Å². The van der Waals surface area contributed by atoms with Gasteiger partial charge in [-0.2, -0.15) is 10.1 Å². The number of halogens is 1. The van der Waals surface area contributed by atoms with Gasteiger partial charge in [0.05, 0.1) is 18.8 Å². The Balaban J connectivity index is 2.00. The van der Waals surface area contributed by atoms with E-state index in [0.29, 0.717) is 24.7 Å². The highest BCUT2D eigenvalue weighted by molar-refractivity contribution is 5.72. The van der Waals surface area contributed by atoms with E-state index in [2.05, 4.69) is 10.1 Å². The highest BCUT2D eigenvalue weighted by atomic mass is 19.1. The molecule has 1 aromatic carbocycles. The number of imidazole rings is 1. The first-order valence-corrected chi connectivity index (χ1v) is 10.2. The summed E-state index contributed by atoms with van der Waals surface area (Å²) >= 11 is 0. The molecule has 0 fully saturated rings. The van der Waals surface area contributed by atoms with Crippen LogP contribution in [0, 0.1) is 26.6 Å². The van der Waals surface area contributed by atoms with Crippen LogP contribution in [0.2, 0.25) is 0 Å². The van der Waals surface area contributed by atoms with E-state index in [4.69, 9.17) is 4.74 Å². The second-order valence-electron chi connectivity index (χ2n) is 7.80. The van der Waals surface area contributed by atoms with Gasteiger partial charge < -0.3 is 9.30 Å². The van der Waals surface area contributed by atoms with Crippen LogP contribution in [0.5, 0.6) is 0 Å². The Morgan fingerprint density at radius 1 is 1.06 bits per heavy atom. The van der Waals surface area contributed by atoms with Crippen molar-refractivity contribution in [2.24, 2.45) is 7.05 Å². The van der Waals surface area contributed by atoms with Crippen molar-refractivity contribution in [2.45, 2.75) is 33.9 Å². The van der Waals surface area contributed by atoms with Crippen molar-refractivity contribution in [1.29, 1.82) is 0 Å². The van der Waals surface area contributed by atoms with Gasteiger partial charge >= 0.3 is 5.69 Å². The van der Waals surface area contributed by atoms with Gasteiger partial charge in [0.15, 0.2) is 11.2 Å². The molecule has 0 saturated carbocycles. The molecule has 0 bridgehead atoms.